The molecular formula is C24H26N2O3. The largest absolute Gasteiger partial charge is 0.489 e. The number of nitrogens with one attached hydrogen (secondary N) is 1. The summed E-state index contributed by atoms with van der Waals surface area (Å²) in [7, 11) is 0. The molecule has 5 nitrogen and oxygen atoms in total. The summed E-state index contributed by atoms with van der Waals surface area (Å²) in [6, 6.07) is 12.1. The highest BCUT2D eigenvalue weighted by Gasteiger charge is 2.35. The SMILES string of the molecule is CC1(C)CC(=O)c2c([nH]c(-c3ccncc3OCCO)c2Cc2ccccc2)C1. The molecule has 0 aliphatic heterocycles. The van der Waals surface area contributed by atoms with Crippen molar-refractivity contribution in [3.63, 3.8) is 0 Å². The summed E-state index contributed by atoms with van der Waals surface area (Å²) >= 11 is 0. The Kier molecular flexibility index (Phi) is 5.24. The van der Waals surface area contributed by atoms with E-state index < -0.39 is 0 Å². The van der Waals surface area contributed by atoms with Crippen LogP contribution in [0.1, 0.15) is 47.4 Å². The van der Waals surface area contributed by atoms with Crippen molar-refractivity contribution >= 4 is 5.78 Å². The van der Waals surface area contributed by atoms with Gasteiger partial charge in [-0.2, -0.15) is 0 Å². The van der Waals surface area contributed by atoms with Gasteiger partial charge >= 0.3 is 0 Å². The van der Waals surface area contributed by atoms with E-state index in [0.717, 1.165) is 40.1 Å². The number of Topliss-reactive ketones (excluding diaryl/α,β-unsaturated/α-hetero) is 1. The molecule has 29 heavy (non-hydrogen) atoms. The first-order valence-electron chi connectivity index (χ1n) is 9.97. The van der Waals surface area contributed by atoms with Gasteiger partial charge in [0, 0.05) is 35.9 Å². The summed E-state index contributed by atoms with van der Waals surface area (Å²) < 4.78 is 5.73. The highest BCUT2D eigenvalue weighted by atomic mass is 16.5. The van der Waals surface area contributed by atoms with Crippen LogP contribution in [-0.4, -0.2) is 34.1 Å². The maximum atomic E-state index is 13.1. The third-order valence-electron chi connectivity index (χ3n) is 5.38. The lowest BCUT2D eigenvalue weighted by molar-refractivity contribution is 0.0911. The number of benzene rings is 1. The molecule has 1 aromatic carbocycles. The molecule has 2 aromatic heterocycles. The van der Waals surface area contributed by atoms with Gasteiger partial charge in [-0.1, -0.05) is 44.2 Å². The normalized spacial score (nSPS) is 15.2. The van der Waals surface area contributed by atoms with Gasteiger partial charge in [0.15, 0.2) is 5.78 Å². The van der Waals surface area contributed by atoms with Gasteiger partial charge in [-0.05, 0) is 29.0 Å². The van der Waals surface area contributed by atoms with Crippen molar-refractivity contribution in [1.82, 2.24) is 9.97 Å². The summed E-state index contributed by atoms with van der Waals surface area (Å²) in [6.07, 6.45) is 5.41. The fourth-order valence-electron chi connectivity index (χ4n) is 4.19. The van der Waals surface area contributed by atoms with Gasteiger partial charge in [-0.15, -0.1) is 0 Å². The first-order valence-corrected chi connectivity index (χ1v) is 9.97. The van der Waals surface area contributed by atoms with Crippen molar-refractivity contribution in [3.8, 4) is 17.0 Å². The monoisotopic (exact) mass is 390 g/mol. The number of aliphatic hydroxyl groups excluding tert-OH is 1. The molecule has 0 radical (unpaired) electrons. The molecule has 0 bridgehead atoms. The molecule has 5 heteroatoms. The third kappa shape index (κ3) is 3.96. The quantitative estimate of drug-likeness (QED) is 0.662. The van der Waals surface area contributed by atoms with Gasteiger partial charge in [0.05, 0.1) is 18.5 Å². The smallest absolute Gasteiger partial charge is 0.165 e. The average Bonchev–Trinajstić information content (AvgIpc) is 3.04. The van der Waals surface area contributed by atoms with E-state index in [1.54, 1.807) is 12.4 Å². The zero-order chi connectivity index (χ0) is 20.4. The highest BCUT2D eigenvalue weighted by molar-refractivity contribution is 6.02. The topological polar surface area (TPSA) is 75.2 Å². The molecule has 0 unspecified atom stereocenters. The van der Waals surface area contributed by atoms with Gasteiger partial charge in [0.1, 0.15) is 12.4 Å². The standard InChI is InChI=1S/C24H26N2O3/c1-24(2)13-19-22(20(28)14-24)18(12-16-6-4-3-5-7-16)23(26-19)17-8-9-25-15-21(17)29-11-10-27/h3-9,15,26-27H,10-14H2,1-2H3. The van der Waals surface area contributed by atoms with E-state index >= 15 is 0 Å². The molecule has 2 N–H and O–H groups in total. The van der Waals surface area contributed by atoms with Crippen LogP contribution in [-0.2, 0) is 12.8 Å². The van der Waals surface area contributed by atoms with E-state index in [9.17, 15) is 4.79 Å². The number of carbonyl (C=O) groups is 1. The summed E-state index contributed by atoms with van der Waals surface area (Å²) in [6.45, 7) is 4.39. The molecule has 0 saturated carbocycles. The molecule has 4 rings (SSSR count). The Bertz CT molecular complexity index is 1020. The van der Waals surface area contributed by atoms with Crippen molar-refractivity contribution in [3.05, 3.63) is 71.2 Å². The first-order chi connectivity index (χ1) is 14.0. The van der Waals surface area contributed by atoms with E-state index in [0.29, 0.717) is 18.6 Å². The number of hydrogen-bond acceptors (Lipinski definition) is 4. The van der Waals surface area contributed by atoms with Crippen LogP contribution < -0.4 is 4.74 Å². The first kappa shape index (κ1) is 19.4. The Morgan fingerprint density at radius 3 is 2.72 bits per heavy atom. The number of aromatic amines is 1. The average molecular weight is 390 g/mol. The van der Waals surface area contributed by atoms with Crippen molar-refractivity contribution in [2.45, 2.75) is 33.1 Å². The van der Waals surface area contributed by atoms with Crippen LogP contribution in [0.2, 0.25) is 0 Å². The second-order valence-corrected chi connectivity index (χ2v) is 8.38. The minimum Gasteiger partial charge on any atom is -0.489 e. The predicted molar refractivity (Wildman–Crippen MR) is 112 cm³/mol. The summed E-state index contributed by atoms with van der Waals surface area (Å²) in [5.41, 5.74) is 5.68. The number of nitrogens with zero attached hydrogens (tertiary/aromatic N) is 1. The lowest BCUT2D eigenvalue weighted by Gasteiger charge is -2.28. The van der Waals surface area contributed by atoms with Crippen LogP contribution in [0.15, 0.2) is 48.8 Å². The van der Waals surface area contributed by atoms with Crippen LogP contribution in [0.5, 0.6) is 5.75 Å². The van der Waals surface area contributed by atoms with Crippen molar-refractivity contribution in [1.29, 1.82) is 0 Å². The molecule has 1 aliphatic rings. The van der Waals surface area contributed by atoms with Gasteiger partial charge in [-0.3, -0.25) is 9.78 Å². The second-order valence-electron chi connectivity index (χ2n) is 8.38. The number of H-pyrrole nitrogens is 1. The molecule has 1 aliphatic carbocycles. The zero-order valence-electron chi connectivity index (χ0n) is 16.9. The number of fused-ring (bicyclic) bond motifs is 1. The van der Waals surface area contributed by atoms with Crippen LogP contribution in [0.25, 0.3) is 11.3 Å². The summed E-state index contributed by atoms with van der Waals surface area (Å²) in [5, 5.41) is 9.17. The van der Waals surface area contributed by atoms with E-state index in [-0.39, 0.29) is 24.4 Å². The Hall–Kier alpha value is -2.92. The Labute approximate surface area is 170 Å². The van der Waals surface area contributed by atoms with E-state index in [2.05, 4.69) is 35.9 Å². The Balaban J connectivity index is 1.87. The number of ketones is 1. The minimum atomic E-state index is -0.0703. The number of aliphatic hydroxyl groups is 1. The predicted octanol–water partition coefficient (Wildman–Crippen LogP) is 4.19. The highest BCUT2D eigenvalue weighted by Crippen LogP contribution is 2.42. The molecule has 3 aromatic rings. The number of ether oxygens (including phenoxy) is 1. The third-order valence-corrected chi connectivity index (χ3v) is 5.38. The van der Waals surface area contributed by atoms with Gasteiger partial charge in [-0.25, -0.2) is 0 Å². The van der Waals surface area contributed by atoms with Crippen LogP contribution >= 0.6 is 0 Å². The second kappa shape index (κ2) is 7.84. The molecular weight excluding hydrogens is 364 g/mol. The van der Waals surface area contributed by atoms with Gasteiger partial charge in [0.2, 0.25) is 0 Å². The zero-order valence-corrected chi connectivity index (χ0v) is 16.9. The molecule has 0 atom stereocenters. The minimum absolute atomic E-state index is 0.0648. The van der Waals surface area contributed by atoms with Crippen molar-refractivity contribution in [2.75, 3.05) is 13.2 Å². The van der Waals surface area contributed by atoms with Gasteiger partial charge in [0.25, 0.3) is 0 Å². The Morgan fingerprint density at radius 1 is 1.17 bits per heavy atom. The van der Waals surface area contributed by atoms with Gasteiger partial charge < -0.3 is 14.8 Å². The molecule has 0 saturated heterocycles. The number of pyridine rings is 1. The summed E-state index contributed by atoms with van der Waals surface area (Å²) in [4.78, 5) is 20.8. The molecule has 0 spiro atoms. The lowest BCUT2D eigenvalue weighted by Crippen LogP contribution is -2.27. The van der Waals surface area contributed by atoms with E-state index in [1.807, 2.05) is 24.3 Å². The fraction of sp³-hybridized carbons (Fsp3) is 0.333. The molecule has 0 amide bonds. The van der Waals surface area contributed by atoms with E-state index in [4.69, 9.17) is 9.84 Å². The number of carbonyl (C=O) groups excluding carboxylic acids is 1. The number of rotatable bonds is 6. The summed E-state index contributed by atoms with van der Waals surface area (Å²) in [5.74, 6) is 0.790. The van der Waals surface area contributed by atoms with Crippen molar-refractivity contribution < 1.29 is 14.6 Å². The van der Waals surface area contributed by atoms with Crippen LogP contribution in [0.4, 0.5) is 0 Å². The van der Waals surface area contributed by atoms with Crippen molar-refractivity contribution in [2.24, 2.45) is 5.41 Å². The molecule has 0 fully saturated rings. The molecule has 150 valence electrons. The fourth-order valence-corrected chi connectivity index (χ4v) is 4.19. The van der Waals surface area contributed by atoms with Crippen LogP contribution in [0.3, 0.4) is 0 Å². The maximum Gasteiger partial charge on any atom is 0.165 e. The molecule has 2 heterocycles. The number of hydrogen-bond donors (Lipinski definition) is 2. The number of aromatic nitrogens is 2. The Morgan fingerprint density at radius 2 is 1.97 bits per heavy atom. The maximum absolute atomic E-state index is 13.1. The van der Waals surface area contributed by atoms with Crippen LogP contribution in [0, 0.1) is 5.41 Å². The van der Waals surface area contributed by atoms with E-state index in [1.165, 1.54) is 0 Å². The lowest BCUT2D eigenvalue weighted by atomic mass is 9.75.